The van der Waals surface area contributed by atoms with Crippen LogP contribution in [0.1, 0.15) is 6.42 Å². The first kappa shape index (κ1) is 21.5. The number of carbonyl (C=O) groups excluding carboxylic acids is 1. The minimum Gasteiger partial charge on any atom is -0.385 e. The van der Waals surface area contributed by atoms with Gasteiger partial charge in [0.15, 0.2) is 0 Å². The minimum atomic E-state index is -0.441. The molecule has 2 aromatic carbocycles. The largest absolute Gasteiger partial charge is 0.385 e. The molecule has 0 aliphatic heterocycles. The smallest absolute Gasteiger partial charge is 0.277 e. The molecule has 0 saturated heterocycles. The summed E-state index contributed by atoms with van der Waals surface area (Å²) in [5.41, 5.74) is 2.66. The van der Waals surface area contributed by atoms with Crippen molar-refractivity contribution in [1.29, 1.82) is 0 Å². The molecule has 4 rings (SSSR count). The Bertz CT molecular complexity index is 1300. The zero-order valence-electron chi connectivity index (χ0n) is 17.6. The Hall–Kier alpha value is -3.78. The molecular weight excluding hydrogens is 411 g/mol. The van der Waals surface area contributed by atoms with E-state index in [-0.39, 0.29) is 18.0 Å². The molecule has 1 amide bonds. The van der Waals surface area contributed by atoms with E-state index in [4.69, 9.17) is 4.74 Å². The third kappa shape index (κ3) is 4.60. The summed E-state index contributed by atoms with van der Waals surface area (Å²) < 4.78 is 21.7. The van der Waals surface area contributed by atoms with Crippen molar-refractivity contribution >= 4 is 22.6 Å². The van der Waals surface area contributed by atoms with Gasteiger partial charge in [-0.1, -0.05) is 36.4 Å². The number of rotatable bonds is 8. The van der Waals surface area contributed by atoms with E-state index in [0.717, 1.165) is 11.1 Å². The second-order valence-corrected chi connectivity index (χ2v) is 7.38. The van der Waals surface area contributed by atoms with Gasteiger partial charge in [0.05, 0.1) is 6.33 Å². The summed E-state index contributed by atoms with van der Waals surface area (Å²) in [6.07, 6.45) is 3.96. The SMILES string of the molecule is COCCCn1cnc2c(-c3ccccc3)cn(CC(=O)Nc3cccc(F)c3)c2c1=O. The van der Waals surface area contributed by atoms with Crippen molar-refractivity contribution in [2.75, 3.05) is 19.0 Å². The molecule has 164 valence electrons. The first-order valence-electron chi connectivity index (χ1n) is 10.2. The first-order chi connectivity index (χ1) is 15.6. The van der Waals surface area contributed by atoms with Crippen LogP contribution in [-0.2, 0) is 22.6 Å². The second-order valence-electron chi connectivity index (χ2n) is 7.38. The number of nitrogens with zero attached hydrogens (tertiary/aromatic N) is 3. The number of anilines is 1. The standard InChI is InChI=1S/C24H23FN4O3/c1-32-12-6-11-28-16-26-22-20(17-7-3-2-4-8-17)14-29(23(22)24(28)31)15-21(30)27-19-10-5-9-18(25)13-19/h2-5,7-10,13-14,16H,6,11-12,15H2,1H3,(H,27,30). The van der Waals surface area contributed by atoms with Crippen LogP contribution in [0.5, 0.6) is 0 Å². The normalized spacial score (nSPS) is 11.1. The molecule has 0 atom stereocenters. The molecule has 0 bridgehead atoms. The predicted molar refractivity (Wildman–Crippen MR) is 121 cm³/mol. The number of aryl methyl sites for hydroxylation is 1. The summed E-state index contributed by atoms with van der Waals surface area (Å²) in [4.78, 5) is 30.5. The molecule has 0 aliphatic carbocycles. The third-order valence-electron chi connectivity index (χ3n) is 5.10. The van der Waals surface area contributed by atoms with Gasteiger partial charge in [-0.3, -0.25) is 14.2 Å². The van der Waals surface area contributed by atoms with Gasteiger partial charge in [0.25, 0.3) is 5.56 Å². The Balaban J connectivity index is 1.73. The zero-order chi connectivity index (χ0) is 22.5. The highest BCUT2D eigenvalue weighted by molar-refractivity contribution is 5.95. The fraction of sp³-hybridized carbons (Fsp3) is 0.208. The lowest BCUT2D eigenvalue weighted by molar-refractivity contribution is -0.116. The molecule has 2 heterocycles. The van der Waals surface area contributed by atoms with Gasteiger partial charge >= 0.3 is 0 Å². The number of ether oxygens (including phenoxy) is 1. The molecule has 2 aromatic heterocycles. The van der Waals surface area contributed by atoms with E-state index in [0.29, 0.717) is 36.3 Å². The Morgan fingerprint density at radius 2 is 1.94 bits per heavy atom. The number of halogens is 1. The maximum Gasteiger partial charge on any atom is 0.277 e. The van der Waals surface area contributed by atoms with Gasteiger partial charge in [0.1, 0.15) is 23.4 Å². The number of hydrogen-bond donors (Lipinski definition) is 1. The van der Waals surface area contributed by atoms with E-state index in [9.17, 15) is 14.0 Å². The van der Waals surface area contributed by atoms with Crippen LogP contribution in [0.2, 0.25) is 0 Å². The first-order valence-corrected chi connectivity index (χ1v) is 10.2. The van der Waals surface area contributed by atoms with Crippen molar-refractivity contribution in [3.8, 4) is 11.1 Å². The van der Waals surface area contributed by atoms with Crippen LogP contribution in [0.15, 0.2) is 71.9 Å². The molecule has 0 unspecified atom stereocenters. The average molecular weight is 434 g/mol. The van der Waals surface area contributed by atoms with E-state index in [1.54, 1.807) is 23.9 Å². The fourth-order valence-corrected chi connectivity index (χ4v) is 3.63. The van der Waals surface area contributed by atoms with Crippen molar-refractivity contribution in [3.05, 3.63) is 83.3 Å². The monoisotopic (exact) mass is 434 g/mol. The van der Waals surface area contributed by atoms with E-state index >= 15 is 0 Å². The predicted octanol–water partition coefficient (Wildman–Crippen LogP) is 3.68. The summed E-state index contributed by atoms with van der Waals surface area (Å²) in [5, 5.41) is 2.68. The number of hydrogen-bond acceptors (Lipinski definition) is 4. The number of fused-ring (bicyclic) bond motifs is 1. The molecule has 4 aromatic rings. The molecule has 0 saturated carbocycles. The lowest BCUT2D eigenvalue weighted by atomic mass is 10.1. The maximum atomic E-state index is 13.5. The van der Waals surface area contributed by atoms with Gasteiger partial charge in [-0.25, -0.2) is 9.37 Å². The lowest BCUT2D eigenvalue weighted by Crippen LogP contribution is -2.25. The Kier molecular flexibility index (Phi) is 6.42. The highest BCUT2D eigenvalue weighted by Crippen LogP contribution is 2.27. The van der Waals surface area contributed by atoms with Crippen molar-refractivity contribution in [3.63, 3.8) is 0 Å². The van der Waals surface area contributed by atoms with Crippen LogP contribution >= 0.6 is 0 Å². The van der Waals surface area contributed by atoms with Gasteiger partial charge < -0.3 is 14.6 Å². The molecule has 0 radical (unpaired) electrons. The topological polar surface area (TPSA) is 78.2 Å². The number of aromatic nitrogens is 3. The molecule has 0 spiro atoms. The summed E-state index contributed by atoms with van der Waals surface area (Å²) in [6.45, 7) is 0.868. The third-order valence-corrected chi connectivity index (χ3v) is 5.10. The van der Waals surface area contributed by atoms with Crippen molar-refractivity contribution in [2.24, 2.45) is 0 Å². The summed E-state index contributed by atoms with van der Waals surface area (Å²) in [7, 11) is 1.61. The van der Waals surface area contributed by atoms with Gasteiger partial charge in [-0.2, -0.15) is 0 Å². The van der Waals surface area contributed by atoms with Crippen LogP contribution in [0, 0.1) is 5.82 Å². The number of carbonyl (C=O) groups is 1. The van der Waals surface area contributed by atoms with E-state index < -0.39 is 5.82 Å². The minimum absolute atomic E-state index is 0.112. The van der Waals surface area contributed by atoms with Gasteiger partial charge in [-0.05, 0) is 30.2 Å². The number of benzene rings is 2. The zero-order valence-corrected chi connectivity index (χ0v) is 17.6. The quantitative estimate of drug-likeness (QED) is 0.429. The van der Waals surface area contributed by atoms with Crippen molar-refractivity contribution in [2.45, 2.75) is 19.5 Å². The van der Waals surface area contributed by atoms with E-state index in [1.165, 1.54) is 29.1 Å². The summed E-state index contributed by atoms with van der Waals surface area (Å²) in [5.74, 6) is -0.815. The van der Waals surface area contributed by atoms with Crippen LogP contribution in [0.3, 0.4) is 0 Å². The van der Waals surface area contributed by atoms with E-state index in [2.05, 4.69) is 10.3 Å². The Morgan fingerprint density at radius 1 is 1.12 bits per heavy atom. The number of methoxy groups -OCH3 is 1. The highest BCUT2D eigenvalue weighted by atomic mass is 19.1. The van der Waals surface area contributed by atoms with Gasteiger partial charge in [-0.15, -0.1) is 0 Å². The molecule has 32 heavy (non-hydrogen) atoms. The second kappa shape index (κ2) is 9.57. The number of nitrogens with one attached hydrogen (secondary N) is 1. The van der Waals surface area contributed by atoms with E-state index in [1.807, 2.05) is 30.3 Å². The molecule has 7 nitrogen and oxygen atoms in total. The highest BCUT2D eigenvalue weighted by Gasteiger charge is 2.18. The maximum absolute atomic E-state index is 13.5. The van der Waals surface area contributed by atoms with Crippen molar-refractivity contribution < 1.29 is 13.9 Å². The molecular formula is C24H23FN4O3. The van der Waals surface area contributed by atoms with Crippen molar-refractivity contribution in [1.82, 2.24) is 14.1 Å². The molecule has 0 fully saturated rings. The molecule has 8 heteroatoms. The van der Waals surface area contributed by atoms with Gasteiger partial charge in [0.2, 0.25) is 5.91 Å². The molecule has 1 N–H and O–H groups in total. The Morgan fingerprint density at radius 3 is 2.69 bits per heavy atom. The molecule has 0 aliphatic rings. The van der Waals surface area contributed by atoms with Crippen LogP contribution in [0.4, 0.5) is 10.1 Å². The Labute approximate surface area is 184 Å². The van der Waals surface area contributed by atoms with Crippen LogP contribution in [0.25, 0.3) is 22.2 Å². The number of amides is 1. The lowest BCUT2D eigenvalue weighted by Gasteiger charge is -2.09. The summed E-state index contributed by atoms with van der Waals surface area (Å²) in [6, 6.07) is 15.2. The fourth-order valence-electron chi connectivity index (χ4n) is 3.63. The van der Waals surface area contributed by atoms with Crippen LogP contribution in [-0.4, -0.2) is 33.7 Å². The average Bonchev–Trinajstić information content (AvgIpc) is 3.15. The van der Waals surface area contributed by atoms with Gasteiger partial charge in [0, 0.05) is 37.7 Å². The summed E-state index contributed by atoms with van der Waals surface area (Å²) >= 11 is 0. The van der Waals surface area contributed by atoms with Crippen LogP contribution < -0.4 is 10.9 Å².